The molecule has 1 aromatic carbocycles. The van der Waals surface area contributed by atoms with Gasteiger partial charge in [0.15, 0.2) is 0 Å². The number of hydrogen-bond acceptors (Lipinski definition) is 5. The van der Waals surface area contributed by atoms with E-state index < -0.39 is 5.91 Å². The summed E-state index contributed by atoms with van der Waals surface area (Å²) in [5, 5.41) is 9.21. The number of nitrogen functional groups attached to an aromatic ring is 1. The number of rotatable bonds is 3. The number of aliphatic hydroxyl groups excluding tert-OH is 1. The number of nitrogens with two attached hydrogens (primary N) is 2. The summed E-state index contributed by atoms with van der Waals surface area (Å²) in [6, 6.07) is 5.10. The van der Waals surface area contributed by atoms with Gasteiger partial charge in [-0.1, -0.05) is 0 Å². The molecule has 1 heterocycles. The quantitative estimate of drug-likeness (QED) is 0.665. The van der Waals surface area contributed by atoms with E-state index in [1.54, 1.807) is 18.2 Å². The topological polar surface area (TPSA) is 102 Å². The Kier molecular flexibility index (Phi) is 3.92. The highest BCUT2D eigenvalue weighted by molar-refractivity contribution is 5.99. The summed E-state index contributed by atoms with van der Waals surface area (Å²) in [4.78, 5) is 13.5. The lowest BCUT2D eigenvalue weighted by Crippen LogP contribution is -2.50. The average molecular weight is 265 g/mol. The lowest BCUT2D eigenvalue weighted by Gasteiger charge is -2.39. The number of anilines is 2. The minimum absolute atomic E-state index is 0.0581. The third kappa shape index (κ3) is 2.80. The second-order valence-corrected chi connectivity index (χ2v) is 4.78. The van der Waals surface area contributed by atoms with Gasteiger partial charge in [0.2, 0.25) is 0 Å². The fourth-order valence-electron chi connectivity index (χ4n) is 2.26. The van der Waals surface area contributed by atoms with Crippen LogP contribution < -0.4 is 16.4 Å². The van der Waals surface area contributed by atoms with Crippen molar-refractivity contribution in [1.29, 1.82) is 0 Å². The van der Waals surface area contributed by atoms with Crippen molar-refractivity contribution in [1.82, 2.24) is 0 Å². The molecule has 0 aliphatic carbocycles. The van der Waals surface area contributed by atoms with Crippen molar-refractivity contribution in [3.05, 3.63) is 23.8 Å². The van der Waals surface area contributed by atoms with E-state index in [1.807, 2.05) is 11.8 Å². The van der Waals surface area contributed by atoms with Crippen LogP contribution in [0.15, 0.2) is 18.2 Å². The number of carbonyl (C=O) groups excluding carboxylic acids is 1. The summed E-state index contributed by atoms with van der Waals surface area (Å²) in [5.74, 6) is -0.491. The van der Waals surface area contributed by atoms with Crippen molar-refractivity contribution >= 4 is 17.3 Å². The maximum absolute atomic E-state index is 11.5. The van der Waals surface area contributed by atoms with Crippen LogP contribution in [0, 0.1) is 0 Å². The number of benzene rings is 1. The molecule has 0 aromatic heterocycles. The highest BCUT2D eigenvalue weighted by Crippen LogP contribution is 2.27. The van der Waals surface area contributed by atoms with Gasteiger partial charge in [0.1, 0.15) is 0 Å². The molecule has 1 aromatic rings. The first kappa shape index (κ1) is 13.6. The van der Waals surface area contributed by atoms with Gasteiger partial charge in [0, 0.05) is 18.3 Å². The van der Waals surface area contributed by atoms with Crippen molar-refractivity contribution in [2.24, 2.45) is 5.73 Å². The molecule has 1 fully saturated rings. The summed E-state index contributed by atoms with van der Waals surface area (Å²) in [7, 11) is 0. The molecular weight excluding hydrogens is 246 g/mol. The summed E-state index contributed by atoms with van der Waals surface area (Å²) >= 11 is 0. The fraction of sp³-hybridized carbons (Fsp3) is 0.462. The predicted molar refractivity (Wildman–Crippen MR) is 73.0 cm³/mol. The van der Waals surface area contributed by atoms with Crippen LogP contribution >= 0.6 is 0 Å². The van der Waals surface area contributed by atoms with Gasteiger partial charge in [-0.05, 0) is 25.1 Å². The molecule has 2 rings (SSSR count). The van der Waals surface area contributed by atoms with Crippen LogP contribution in [0.25, 0.3) is 0 Å². The fourth-order valence-corrected chi connectivity index (χ4v) is 2.26. The third-order valence-corrected chi connectivity index (χ3v) is 3.31. The zero-order chi connectivity index (χ0) is 14.0. The minimum atomic E-state index is -0.491. The second kappa shape index (κ2) is 5.46. The molecular formula is C13H19N3O3. The molecule has 2 atom stereocenters. The summed E-state index contributed by atoms with van der Waals surface area (Å²) < 4.78 is 5.48. The molecule has 104 valence electrons. The smallest absolute Gasteiger partial charge is 0.250 e. The van der Waals surface area contributed by atoms with E-state index in [-0.39, 0.29) is 18.8 Å². The maximum atomic E-state index is 11.5. The first-order valence-corrected chi connectivity index (χ1v) is 6.21. The van der Waals surface area contributed by atoms with Gasteiger partial charge in [0.05, 0.1) is 30.6 Å². The molecule has 1 aliphatic rings. The molecule has 19 heavy (non-hydrogen) atoms. The zero-order valence-electron chi connectivity index (χ0n) is 10.9. The molecule has 1 aliphatic heterocycles. The molecule has 5 N–H and O–H groups in total. The Bertz CT molecular complexity index is 478. The molecule has 1 amide bonds. The Balaban J connectivity index is 2.38. The van der Waals surface area contributed by atoms with Crippen LogP contribution in [0.5, 0.6) is 0 Å². The van der Waals surface area contributed by atoms with Gasteiger partial charge in [-0.25, -0.2) is 0 Å². The normalized spacial score (nSPS) is 23.4. The van der Waals surface area contributed by atoms with E-state index in [0.29, 0.717) is 30.1 Å². The Morgan fingerprint density at radius 2 is 2.32 bits per heavy atom. The SMILES string of the molecule is CC1COC(CO)CN1c1cc(N)ccc1C(N)=O. The first-order valence-electron chi connectivity index (χ1n) is 6.21. The Labute approximate surface area is 111 Å². The van der Waals surface area contributed by atoms with Crippen molar-refractivity contribution in [2.45, 2.75) is 19.1 Å². The number of amides is 1. The van der Waals surface area contributed by atoms with Crippen LogP contribution in [0.4, 0.5) is 11.4 Å². The summed E-state index contributed by atoms with van der Waals surface area (Å²) in [5.41, 5.74) is 12.9. The van der Waals surface area contributed by atoms with Crippen LogP contribution in [-0.4, -0.2) is 42.9 Å². The molecule has 0 bridgehead atoms. The molecule has 6 nitrogen and oxygen atoms in total. The van der Waals surface area contributed by atoms with E-state index in [9.17, 15) is 9.90 Å². The van der Waals surface area contributed by atoms with Crippen molar-refractivity contribution in [3.8, 4) is 0 Å². The largest absolute Gasteiger partial charge is 0.399 e. The van der Waals surface area contributed by atoms with Gasteiger partial charge in [-0.2, -0.15) is 0 Å². The van der Waals surface area contributed by atoms with Crippen molar-refractivity contribution < 1.29 is 14.6 Å². The van der Waals surface area contributed by atoms with E-state index in [0.717, 1.165) is 0 Å². The molecule has 1 saturated heterocycles. The van der Waals surface area contributed by atoms with Crippen LogP contribution in [0.1, 0.15) is 17.3 Å². The molecule has 6 heteroatoms. The Hall–Kier alpha value is -1.79. The molecule has 2 unspecified atom stereocenters. The van der Waals surface area contributed by atoms with Gasteiger partial charge < -0.3 is 26.2 Å². The van der Waals surface area contributed by atoms with Crippen LogP contribution in [0.2, 0.25) is 0 Å². The standard InChI is InChI=1S/C13H19N3O3/c1-8-7-19-10(6-17)5-16(8)12-4-9(14)2-3-11(12)13(15)18/h2-4,8,10,17H,5-7,14H2,1H3,(H2,15,18). The number of ether oxygens (including phenoxy) is 1. The molecule has 0 spiro atoms. The molecule has 0 saturated carbocycles. The monoisotopic (exact) mass is 265 g/mol. The molecule has 0 radical (unpaired) electrons. The number of carbonyl (C=O) groups is 1. The lowest BCUT2D eigenvalue weighted by molar-refractivity contribution is -0.0103. The highest BCUT2D eigenvalue weighted by atomic mass is 16.5. The van der Waals surface area contributed by atoms with Crippen molar-refractivity contribution in [2.75, 3.05) is 30.4 Å². The maximum Gasteiger partial charge on any atom is 0.250 e. The number of aliphatic hydroxyl groups is 1. The zero-order valence-corrected chi connectivity index (χ0v) is 10.9. The van der Waals surface area contributed by atoms with Crippen LogP contribution in [0.3, 0.4) is 0 Å². The second-order valence-electron chi connectivity index (χ2n) is 4.78. The van der Waals surface area contributed by atoms with E-state index in [1.165, 1.54) is 0 Å². The third-order valence-electron chi connectivity index (χ3n) is 3.31. The number of morpholine rings is 1. The van der Waals surface area contributed by atoms with Crippen molar-refractivity contribution in [3.63, 3.8) is 0 Å². The van der Waals surface area contributed by atoms with Gasteiger partial charge >= 0.3 is 0 Å². The lowest BCUT2D eigenvalue weighted by atomic mass is 10.1. The van der Waals surface area contributed by atoms with Gasteiger partial charge in [-0.15, -0.1) is 0 Å². The number of hydrogen-bond donors (Lipinski definition) is 3. The number of nitrogens with zero attached hydrogens (tertiary/aromatic N) is 1. The first-order chi connectivity index (χ1) is 9.02. The van der Waals surface area contributed by atoms with E-state index in [2.05, 4.69) is 0 Å². The Morgan fingerprint density at radius 3 is 2.95 bits per heavy atom. The summed E-state index contributed by atoms with van der Waals surface area (Å²) in [6.07, 6.45) is -0.265. The Morgan fingerprint density at radius 1 is 1.58 bits per heavy atom. The van der Waals surface area contributed by atoms with E-state index >= 15 is 0 Å². The average Bonchev–Trinajstić information content (AvgIpc) is 2.38. The summed E-state index contributed by atoms with van der Waals surface area (Å²) in [6.45, 7) is 2.92. The minimum Gasteiger partial charge on any atom is -0.399 e. The van der Waals surface area contributed by atoms with Crippen LogP contribution in [-0.2, 0) is 4.74 Å². The van der Waals surface area contributed by atoms with Gasteiger partial charge in [-0.3, -0.25) is 4.79 Å². The van der Waals surface area contributed by atoms with Gasteiger partial charge in [0.25, 0.3) is 5.91 Å². The predicted octanol–water partition coefficient (Wildman–Crippen LogP) is -0.0463. The van der Waals surface area contributed by atoms with E-state index in [4.69, 9.17) is 16.2 Å². The number of primary amides is 1. The highest BCUT2D eigenvalue weighted by Gasteiger charge is 2.28.